The molecule has 1 aliphatic heterocycles. The van der Waals surface area contributed by atoms with E-state index in [2.05, 4.69) is 20.7 Å². The second kappa shape index (κ2) is 11.7. The number of rotatable bonds is 10. The van der Waals surface area contributed by atoms with Crippen LogP contribution in [-0.2, 0) is 19.6 Å². The summed E-state index contributed by atoms with van der Waals surface area (Å²) in [5.74, 6) is -0.820. The molecule has 1 fully saturated rings. The molecule has 2 aromatic rings. The van der Waals surface area contributed by atoms with Crippen LogP contribution >= 0.6 is 0 Å². The molecule has 2 aromatic carbocycles. The Labute approximate surface area is 199 Å². The summed E-state index contributed by atoms with van der Waals surface area (Å²) in [4.78, 5) is 24.2. The van der Waals surface area contributed by atoms with Gasteiger partial charge in [-0.25, -0.2) is 13.2 Å². The van der Waals surface area contributed by atoms with Crippen molar-refractivity contribution in [1.82, 2.24) is 5.32 Å². The molecule has 4 N–H and O–H groups in total. The maximum Gasteiger partial charge on any atom is 0.319 e. The predicted octanol–water partition coefficient (Wildman–Crippen LogP) is 3.15. The molecule has 0 radical (unpaired) electrons. The van der Waals surface area contributed by atoms with E-state index in [1.54, 1.807) is 48.5 Å². The molecule has 3 rings (SSSR count). The van der Waals surface area contributed by atoms with E-state index in [9.17, 15) is 18.0 Å². The van der Waals surface area contributed by atoms with E-state index in [1.165, 1.54) is 0 Å². The summed E-state index contributed by atoms with van der Waals surface area (Å²) in [5, 5.41) is 7.98. The van der Waals surface area contributed by atoms with Gasteiger partial charge in [-0.1, -0.05) is 0 Å². The molecular weight excluding hydrogens is 460 g/mol. The minimum absolute atomic E-state index is 0.00456. The van der Waals surface area contributed by atoms with E-state index in [1.807, 2.05) is 13.8 Å². The number of ether oxygens (including phenoxy) is 2. The normalized spacial score (nSPS) is 15.6. The average molecular weight is 491 g/mol. The SMILES string of the molecule is CC(C)Oc1ccc(NS(=O)(=O)CC(=O)Nc2ccc(NC(=O)NCC3CCCO3)cc2)cc1. The highest BCUT2D eigenvalue weighted by Gasteiger charge is 2.18. The molecule has 0 aromatic heterocycles. The minimum Gasteiger partial charge on any atom is -0.491 e. The molecule has 1 saturated heterocycles. The number of carbonyl (C=O) groups excluding carboxylic acids is 2. The number of sulfonamides is 1. The third-order valence-corrected chi connectivity index (χ3v) is 5.95. The molecule has 184 valence electrons. The summed E-state index contributed by atoms with van der Waals surface area (Å²) in [7, 11) is -3.91. The molecule has 0 spiro atoms. The topological polar surface area (TPSA) is 135 Å². The number of amides is 3. The number of urea groups is 1. The van der Waals surface area contributed by atoms with Gasteiger partial charge in [-0.2, -0.15) is 0 Å². The van der Waals surface area contributed by atoms with Crippen LogP contribution in [0.2, 0.25) is 0 Å². The first-order valence-electron chi connectivity index (χ1n) is 11.0. The van der Waals surface area contributed by atoms with Crippen LogP contribution in [0, 0.1) is 0 Å². The predicted molar refractivity (Wildman–Crippen MR) is 131 cm³/mol. The third-order valence-electron chi connectivity index (χ3n) is 4.76. The molecule has 34 heavy (non-hydrogen) atoms. The van der Waals surface area contributed by atoms with Crippen LogP contribution in [0.3, 0.4) is 0 Å². The fourth-order valence-electron chi connectivity index (χ4n) is 3.28. The highest BCUT2D eigenvalue weighted by molar-refractivity contribution is 7.93. The van der Waals surface area contributed by atoms with Crippen molar-refractivity contribution in [3.8, 4) is 5.75 Å². The Balaban J connectivity index is 1.44. The summed E-state index contributed by atoms with van der Waals surface area (Å²) in [6, 6.07) is 12.4. The first kappa shape index (κ1) is 25.3. The van der Waals surface area contributed by atoms with Crippen molar-refractivity contribution in [3.05, 3.63) is 48.5 Å². The van der Waals surface area contributed by atoms with Crippen LogP contribution in [-0.4, -0.2) is 51.5 Å². The van der Waals surface area contributed by atoms with Gasteiger partial charge < -0.3 is 25.4 Å². The fraction of sp³-hybridized carbons (Fsp3) is 0.391. The monoisotopic (exact) mass is 490 g/mol. The van der Waals surface area contributed by atoms with Gasteiger partial charge in [-0.3, -0.25) is 9.52 Å². The van der Waals surface area contributed by atoms with Crippen molar-refractivity contribution in [2.75, 3.05) is 34.3 Å². The second-order valence-corrected chi connectivity index (χ2v) is 9.87. The number of benzene rings is 2. The smallest absolute Gasteiger partial charge is 0.319 e. The number of nitrogens with one attached hydrogen (secondary N) is 4. The van der Waals surface area contributed by atoms with Crippen LogP contribution < -0.4 is 25.4 Å². The van der Waals surface area contributed by atoms with E-state index in [0.717, 1.165) is 19.4 Å². The van der Waals surface area contributed by atoms with Crippen molar-refractivity contribution in [2.45, 2.75) is 38.9 Å². The lowest BCUT2D eigenvalue weighted by atomic mass is 10.2. The molecule has 3 amide bonds. The molecule has 0 saturated carbocycles. The van der Waals surface area contributed by atoms with Crippen molar-refractivity contribution in [3.63, 3.8) is 0 Å². The van der Waals surface area contributed by atoms with Gasteiger partial charge in [-0.15, -0.1) is 0 Å². The van der Waals surface area contributed by atoms with Crippen LogP contribution in [0.5, 0.6) is 5.75 Å². The number of hydrogen-bond donors (Lipinski definition) is 4. The van der Waals surface area contributed by atoms with E-state index in [-0.39, 0.29) is 18.2 Å². The van der Waals surface area contributed by atoms with Gasteiger partial charge in [0.1, 0.15) is 11.5 Å². The van der Waals surface area contributed by atoms with E-state index >= 15 is 0 Å². The first-order valence-corrected chi connectivity index (χ1v) is 12.7. The maximum absolute atomic E-state index is 12.3. The number of anilines is 3. The van der Waals surface area contributed by atoms with Gasteiger partial charge >= 0.3 is 6.03 Å². The van der Waals surface area contributed by atoms with Crippen molar-refractivity contribution >= 4 is 39.0 Å². The Morgan fingerprint density at radius 1 is 1.00 bits per heavy atom. The number of hydrogen-bond acceptors (Lipinski definition) is 6. The Morgan fingerprint density at radius 3 is 2.21 bits per heavy atom. The Kier molecular flexibility index (Phi) is 8.72. The second-order valence-electron chi connectivity index (χ2n) is 8.15. The summed E-state index contributed by atoms with van der Waals surface area (Å²) in [5.41, 5.74) is 1.26. The highest BCUT2D eigenvalue weighted by atomic mass is 32.2. The van der Waals surface area contributed by atoms with Crippen molar-refractivity contribution < 1.29 is 27.5 Å². The van der Waals surface area contributed by atoms with E-state index in [0.29, 0.717) is 29.4 Å². The summed E-state index contributed by atoms with van der Waals surface area (Å²) >= 11 is 0. The maximum atomic E-state index is 12.3. The van der Waals surface area contributed by atoms with Gasteiger partial charge in [0.2, 0.25) is 15.9 Å². The zero-order valence-electron chi connectivity index (χ0n) is 19.2. The Morgan fingerprint density at radius 2 is 1.62 bits per heavy atom. The molecule has 10 nitrogen and oxygen atoms in total. The average Bonchev–Trinajstić information content (AvgIpc) is 3.28. The minimum atomic E-state index is -3.91. The quantitative estimate of drug-likeness (QED) is 0.404. The van der Waals surface area contributed by atoms with Crippen LogP contribution in [0.4, 0.5) is 21.9 Å². The zero-order chi connectivity index (χ0) is 24.6. The molecule has 1 aliphatic rings. The lowest BCUT2D eigenvalue weighted by molar-refractivity contribution is -0.113. The highest BCUT2D eigenvalue weighted by Crippen LogP contribution is 2.18. The van der Waals surface area contributed by atoms with Crippen LogP contribution in [0.15, 0.2) is 48.5 Å². The van der Waals surface area contributed by atoms with Crippen LogP contribution in [0.1, 0.15) is 26.7 Å². The summed E-state index contributed by atoms with van der Waals surface area (Å²) < 4.78 is 38.0. The van der Waals surface area contributed by atoms with E-state index in [4.69, 9.17) is 9.47 Å². The van der Waals surface area contributed by atoms with Gasteiger partial charge in [0.25, 0.3) is 0 Å². The zero-order valence-corrected chi connectivity index (χ0v) is 20.0. The summed E-state index contributed by atoms with van der Waals surface area (Å²) in [6.45, 7) is 4.95. The lowest BCUT2D eigenvalue weighted by Crippen LogP contribution is -2.35. The molecule has 1 atom stereocenters. The molecule has 1 unspecified atom stereocenters. The molecule has 0 aliphatic carbocycles. The Hall–Kier alpha value is -3.31. The fourth-order valence-corrected chi connectivity index (χ4v) is 4.27. The van der Waals surface area contributed by atoms with Gasteiger partial charge in [0.15, 0.2) is 0 Å². The first-order chi connectivity index (χ1) is 16.2. The Bertz CT molecular complexity index is 1070. The standard InChI is InChI=1S/C23H30N4O6S/c1-16(2)33-20-11-9-19(10-12-20)27-34(30,31)15-22(28)25-17-5-7-18(8-6-17)26-23(29)24-14-21-4-3-13-32-21/h5-12,16,21,27H,3-4,13-15H2,1-2H3,(H,25,28)(H2,24,26,29). The number of carbonyl (C=O) groups is 2. The van der Waals surface area contributed by atoms with Crippen molar-refractivity contribution in [1.29, 1.82) is 0 Å². The molecule has 0 bridgehead atoms. The largest absolute Gasteiger partial charge is 0.491 e. The lowest BCUT2D eigenvalue weighted by Gasteiger charge is -2.12. The third kappa shape index (κ3) is 8.56. The van der Waals surface area contributed by atoms with Gasteiger partial charge in [0.05, 0.1) is 12.2 Å². The van der Waals surface area contributed by atoms with Crippen molar-refractivity contribution in [2.24, 2.45) is 0 Å². The van der Waals surface area contributed by atoms with Gasteiger partial charge in [0, 0.05) is 30.2 Å². The molecule has 11 heteroatoms. The van der Waals surface area contributed by atoms with Gasteiger partial charge in [-0.05, 0) is 75.2 Å². The van der Waals surface area contributed by atoms with Crippen LogP contribution in [0.25, 0.3) is 0 Å². The molecule has 1 heterocycles. The summed E-state index contributed by atoms with van der Waals surface area (Å²) in [6.07, 6.45) is 1.98. The molecular formula is C23H30N4O6S. The van der Waals surface area contributed by atoms with E-state index < -0.39 is 21.7 Å².